The summed E-state index contributed by atoms with van der Waals surface area (Å²) >= 11 is 6.57. The molecule has 43 heavy (non-hydrogen) atoms. The smallest absolute Gasteiger partial charge is 0.253 e. The number of likely N-dealkylation sites (tertiary alicyclic amines) is 1. The van der Waals surface area contributed by atoms with Gasteiger partial charge in [-0.3, -0.25) is 14.4 Å². The van der Waals surface area contributed by atoms with Crippen LogP contribution in [0.1, 0.15) is 39.0 Å². The first-order valence-electron chi connectivity index (χ1n) is 15.3. The van der Waals surface area contributed by atoms with E-state index < -0.39 is 29.1 Å². The number of aliphatic hydroxyl groups excluding tert-OH is 1. The predicted molar refractivity (Wildman–Crippen MR) is 166 cm³/mol. The quantitative estimate of drug-likeness (QED) is 0.330. The van der Waals surface area contributed by atoms with E-state index in [4.69, 9.17) is 16.3 Å². The number of para-hydroxylation sites is 2. The number of hydrogen-bond acceptors (Lipinski definition) is 5. The van der Waals surface area contributed by atoms with E-state index >= 15 is 0 Å². The molecule has 3 amide bonds. The zero-order valence-electron chi connectivity index (χ0n) is 24.4. The monoisotopic (exact) mass is 603 g/mol. The summed E-state index contributed by atoms with van der Waals surface area (Å²) < 4.78 is 7.07. The van der Waals surface area contributed by atoms with Gasteiger partial charge in [-0.05, 0) is 43.5 Å². The van der Waals surface area contributed by atoms with Crippen molar-refractivity contribution in [3.8, 4) is 0 Å². The van der Waals surface area contributed by atoms with Crippen LogP contribution in [0.25, 0.3) is 0 Å². The molecule has 0 aliphatic carbocycles. The molecule has 0 bridgehead atoms. The van der Waals surface area contributed by atoms with Crippen molar-refractivity contribution in [3.63, 3.8) is 0 Å². The molecule has 4 aliphatic heterocycles. The van der Waals surface area contributed by atoms with Crippen LogP contribution in [0.4, 0.5) is 11.4 Å². The second-order valence-electron chi connectivity index (χ2n) is 11.8. The van der Waals surface area contributed by atoms with E-state index in [0.717, 1.165) is 18.5 Å². The Bertz CT molecular complexity index is 1450. The molecule has 9 heteroatoms. The number of nitrogens with zero attached hydrogens (tertiary/aromatic N) is 3. The highest BCUT2D eigenvalue weighted by Crippen LogP contribution is 2.59. The Kier molecular flexibility index (Phi) is 8.20. The topological polar surface area (TPSA) is 90.4 Å². The Morgan fingerprint density at radius 2 is 1.53 bits per heavy atom. The zero-order chi connectivity index (χ0) is 30.2. The van der Waals surface area contributed by atoms with Gasteiger partial charge >= 0.3 is 0 Å². The SMILES string of the molecule is CC[C@]12C=CCN(c3ccccc3)C(=O)[C@H]1[C@H]1C(=O)N(CCCCCCO)C3C(=O)N(c4ccccc4Cl)CC=C[C@@]31O2. The van der Waals surface area contributed by atoms with Crippen molar-refractivity contribution >= 4 is 40.7 Å². The largest absolute Gasteiger partial charge is 0.396 e. The van der Waals surface area contributed by atoms with E-state index in [9.17, 15) is 19.5 Å². The van der Waals surface area contributed by atoms with Gasteiger partial charge in [0.15, 0.2) is 0 Å². The van der Waals surface area contributed by atoms with Crippen LogP contribution in [0.15, 0.2) is 78.9 Å². The summed E-state index contributed by atoms with van der Waals surface area (Å²) in [6.07, 6.45) is 11.1. The lowest BCUT2D eigenvalue weighted by molar-refractivity contribution is -0.145. The van der Waals surface area contributed by atoms with Crippen LogP contribution in [0, 0.1) is 11.8 Å². The van der Waals surface area contributed by atoms with E-state index in [0.29, 0.717) is 43.1 Å². The van der Waals surface area contributed by atoms with Crippen molar-refractivity contribution in [3.05, 3.63) is 83.9 Å². The van der Waals surface area contributed by atoms with E-state index in [-0.39, 0.29) is 30.9 Å². The maximum absolute atomic E-state index is 14.6. The lowest BCUT2D eigenvalue weighted by Gasteiger charge is -2.38. The van der Waals surface area contributed by atoms with E-state index in [2.05, 4.69) is 0 Å². The molecule has 8 nitrogen and oxygen atoms in total. The summed E-state index contributed by atoms with van der Waals surface area (Å²) in [5, 5.41) is 9.67. The van der Waals surface area contributed by atoms with Crippen molar-refractivity contribution in [1.82, 2.24) is 4.90 Å². The summed E-state index contributed by atoms with van der Waals surface area (Å²) in [5.74, 6) is -2.37. The Labute approximate surface area is 257 Å². The number of anilines is 2. The number of ether oxygens (including phenoxy) is 1. The Hall–Kier alpha value is -3.46. The van der Waals surface area contributed by atoms with Crippen LogP contribution in [-0.2, 0) is 19.1 Å². The van der Waals surface area contributed by atoms with Crippen molar-refractivity contribution in [2.45, 2.75) is 56.3 Å². The van der Waals surface area contributed by atoms with Gasteiger partial charge in [0.05, 0.1) is 28.1 Å². The lowest BCUT2D eigenvalue weighted by atomic mass is 9.73. The minimum atomic E-state index is -1.32. The predicted octanol–water partition coefficient (Wildman–Crippen LogP) is 4.76. The number of fused-ring (bicyclic) bond motifs is 2. The Balaban J connectivity index is 1.45. The Morgan fingerprint density at radius 3 is 2.28 bits per heavy atom. The zero-order valence-corrected chi connectivity index (χ0v) is 25.2. The molecule has 2 saturated heterocycles. The van der Waals surface area contributed by atoms with Crippen molar-refractivity contribution in [2.75, 3.05) is 36.0 Å². The number of hydrogen-bond donors (Lipinski definition) is 1. The third kappa shape index (κ3) is 4.80. The number of halogens is 1. The summed E-state index contributed by atoms with van der Waals surface area (Å²) in [6.45, 7) is 3.07. The third-order valence-corrected chi connectivity index (χ3v) is 9.78. The van der Waals surface area contributed by atoms with Gasteiger partial charge in [0.1, 0.15) is 11.6 Å². The van der Waals surface area contributed by atoms with Crippen LogP contribution in [0.5, 0.6) is 0 Å². The fraction of sp³-hybridized carbons (Fsp3) is 0.441. The number of carbonyl (C=O) groups excluding carboxylic acids is 3. The molecule has 4 aliphatic rings. The van der Waals surface area contributed by atoms with Gasteiger partial charge in [0.25, 0.3) is 5.91 Å². The summed E-state index contributed by atoms with van der Waals surface area (Å²) in [4.78, 5) is 48.8. The van der Waals surface area contributed by atoms with Crippen LogP contribution >= 0.6 is 11.6 Å². The van der Waals surface area contributed by atoms with Gasteiger partial charge in [-0.1, -0.05) is 86.0 Å². The molecule has 226 valence electrons. The highest BCUT2D eigenvalue weighted by Gasteiger charge is 2.75. The molecule has 0 aromatic heterocycles. The van der Waals surface area contributed by atoms with Crippen molar-refractivity contribution < 1.29 is 24.2 Å². The molecular weight excluding hydrogens is 566 g/mol. The first-order chi connectivity index (χ1) is 20.9. The molecule has 5 atom stereocenters. The van der Waals surface area contributed by atoms with Gasteiger partial charge in [-0.2, -0.15) is 0 Å². The van der Waals surface area contributed by atoms with Crippen LogP contribution < -0.4 is 9.80 Å². The lowest BCUT2D eigenvalue weighted by Crippen LogP contribution is -2.56. The molecule has 1 N–H and O–H groups in total. The average Bonchev–Trinajstić information content (AvgIpc) is 3.30. The summed E-state index contributed by atoms with van der Waals surface area (Å²) in [5.41, 5.74) is -1.05. The van der Waals surface area contributed by atoms with Crippen LogP contribution in [0.2, 0.25) is 5.02 Å². The van der Waals surface area contributed by atoms with Crippen molar-refractivity contribution in [1.29, 1.82) is 0 Å². The van der Waals surface area contributed by atoms with E-state index in [1.807, 2.05) is 73.7 Å². The molecule has 0 saturated carbocycles. The maximum atomic E-state index is 14.6. The molecule has 2 fully saturated rings. The van der Waals surface area contributed by atoms with Gasteiger partial charge in [-0.15, -0.1) is 0 Å². The normalized spacial score (nSPS) is 29.9. The van der Waals surface area contributed by atoms with E-state index in [1.54, 1.807) is 26.8 Å². The van der Waals surface area contributed by atoms with Gasteiger partial charge < -0.3 is 24.5 Å². The Morgan fingerprint density at radius 1 is 0.837 bits per heavy atom. The molecule has 0 radical (unpaired) electrons. The molecule has 4 heterocycles. The number of unbranched alkanes of at least 4 members (excludes halogenated alkanes) is 3. The molecular formula is C34H38ClN3O5. The number of amides is 3. The second-order valence-corrected chi connectivity index (χ2v) is 12.2. The average molecular weight is 604 g/mol. The second kappa shape index (κ2) is 11.9. The van der Waals surface area contributed by atoms with Gasteiger partial charge in [-0.25, -0.2) is 0 Å². The number of carbonyl (C=O) groups is 3. The number of benzene rings is 2. The molecule has 2 aromatic carbocycles. The van der Waals surface area contributed by atoms with Crippen LogP contribution in [-0.4, -0.2) is 71.2 Å². The fourth-order valence-corrected chi connectivity index (χ4v) is 7.71. The third-order valence-electron chi connectivity index (χ3n) is 9.46. The highest BCUT2D eigenvalue weighted by molar-refractivity contribution is 6.34. The fourth-order valence-electron chi connectivity index (χ4n) is 7.47. The minimum Gasteiger partial charge on any atom is -0.396 e. The summed E-state index contributed by atoms with van der Waals surface area (Å²) in [7, 11) is 0. The molecule has 2 aromatic rings. The number of rotatable bonds is 9. The highest BCUT2D eigenvalue weighted by atomic mass is 35.5. The molecule has 1 spiro atoms. The first-order valence-corrected chi connectivity index (χ1v) is 15.7. The van der Waals surface area contributed by atoms with Crippen molar-refractivity contribution in [2.24, 2.45) is 11.8 Å². The summed E-state index contributed by atoms with van der Waals surface area (Å²) in [6, 6.07) is 15.7. The maximum Gasteiger partial charge on any atom is 0.253 e. The van der Waals surface area contributed by atoms with Crippen LogP contribution in [0.3, 0.4) is 0 Å². The minimum absolute atomic E-state index is 0.120. The molecule has 6 rings (SSSR count). The first kappa shape index (κ1) is 29.6. The molecule has 1 unspecified atom stereocenters. The van der Waals surface area contributed by atoms with Gasteiger partial charge in [0, 0.05) is 31.9 Å². The van der Waals surface area contributed by atoms with Gasteiger partial charge in [0.2, 0.25) is 11.8 Å². The number of aliphatic hydroxyl groups is 1. The standard InChI is InChI=1S/C34H38ClN3O5/c1-2-33-18-12-21-36(24-14-6-5-7-15-24)30(40)27(33)28-31(41)38(20-10-3-4-11-23-39)29-32(42)37(22-13-19-34(28,29)43-33)26-17-9-8-16-25(26)35/h5-9,12-19,27-29,39H,2-4,10-11,20-23H2,1H3/t27-,28+,29?,33+,34+/m1/s1. The van der Waals surface area contributed by atoms with E-state index in [1.165, 1.54) is 0 Å².